The van der Waals surface area contributed by atoms with Crippen LogP contribution >= 0.6 is 0 Å². The molecule has 25 heavy (non-hydrogen) atoms. The highest BCUT2D eigenvalue weighted by atomic mass is 32.2. The predicted octanol–water partition coefficient (Wildman–Crippen LogP) is 0.272. The molecule has 1 aromatic rings. The average Bonchev–Trinajstić information content (AvgIpc) is 2.59. The van der Waals surface area contributed by atoms with Gasteiger partial charge in [0.25, 0.3) is 10.2 Å². The molecule has 1 amide bonds. The number of amides is 1. The third-order valence-electron chi connectivity index (χ3n) is 4.00. The van der Waals surface area contributed by atoms with Crippen LogP contribution < -0.4 is 14.5 Å². The standard InChI is InChI=1S/C16H26N4O4S/c1-14(21)20(9-8-17-25(22,23)18(2)3)16-7-5-4-6-15(16)19-10-12-24-13-11-19/h4-7,17H,8-13H2,1-3H3. The molecule has 0 unspecified atom stereocenters. The Kier molecular flexibility index (Phi) is 6.77. The van der Waals surface area contributed by atoms with Gasteiger partial charge in [-0.1, -0.05) is 12.1 Å². The molecule has 1 aromatic carbocycles. The van der Waals surface area contributed by atoms with E-state index in [1.807, 2.05) is 24.3 Å². The Morgan fingerprint density at radius 1 is 1.24 bits per heavy atom. The van der Waals surface area contributed by atoms with Crippen LogP contribution in [-0.4, -0.2) is 72.1 Å². The Balaban J connectivity index is 2.16. The number of anilines is 2. The first kappa shape index (κ1) is 19.6. The fourth-order valence-corrected chi connectivity index (χ4v) is 3.23. The van der Waals surface area contributed by atoms with Crippen molar-refractivity contribution in [3.05, 3.63) is 24.3 Å². The molecule has 0 aliphatic carbocycles. The summed E-state index contributed by atoms with van der Waals surface area (Å²) < 4.78 is 32.6. The SMILES string of the molecule is CC(=O)N(CCNS(=O)(=O)N(C)C)c1ccccc1N1CCOCC1. The molecule has 0 bridgehead atoms. The number of morpholine rings is 1. The lowest BCUT2D eigenvalue weighted by Crippen LogP contribution is -2.42. The van der Waals surface area contributed by atoms with Gasteiger partial charge in [-0.2, -0.15) is 12.7 Å². The van der Waals surface area contributed by atoms with Crippen LogP contribution in [0.1, 0.15) is 6.92 Å². The van der Waals surface area contributed by atoms with Crippen LogP contribution in [0.15, 0.2) is 24.3 Å². The van der Waals surface area contributed by atoms with E-state index in [-0.39, 0.29) is 19.0 Å². The molecule has 1 saturated heterocycles. The number of nitrogens with zero attached hydrogens (tertiary/aromatic N) is 3. The Hall–Kier alpha value is -1.68. The lowest BCUT2D eigenvalue weighted by molar-refractivity contribution is -0.116. The van der Waals surface area contributed by atoms with Crippen molar-refractivity contribution in [2.24, 2.45) is 0 Å². The molecule has 0 spiro atoms. The molecule has 0 atom stereocenters. The van der Waals surface area contributed by atoms with Gasteiger partial charge in [0, 0.05) is 47.2 Å². The van der Waals surface area contributed by atoms with Gasteiger partial charge in [0.15, 0.2) is 0 Å². The summed E-state index contributed by atoms with van der Waals surface area (Å²) >= 11 is 0. The van der Waals surface area contributed by atoms with Crippen LogP contribution in [0.2, 0.25) is 0 Å². The van der Waals surface area contributed by atoms with Crippen molar-refractivity contribution in [1.29, 1.82) is 0 Å². The minimum atomic E-state index is -3.51. The Morgan fingerprint density at radius 3 is 2.48 bits per heavy atom. The van der Waals surface area contributed by atoms with Gasteiger partial charge >= 0.3 is 0 Å². The summed E-state index contributed by atoms with van der Waals surface area (Å²) in [5.74, 6) is -0.134. The summed E-state index contributed by atoms with van der Waals surface area (Å²) in [5.41, 5.74) is 1.73. The third-order valence-corrected chi connectivity index (χ3v) is 5.54. The Labute approximate surface area is 149 Å². The second-order valence-electron chi connectivity index (χ2n) is 5.94. The van der Waals surface area contributed by atoms with Gasteiger partial charge < -0.3 is 14.5 Å². The first-order valence-corrected chi connectivity index (χ1v) is 9.64. The van der Waals surface area contributed by atoms with E-state index in [1.54, 1.807) is 4.90 Å². The molecule has 9 heteroatoms. The molecule has 1 heterocycles. The smallest absolute Gasteiger partial charge is 0.278 e. The lowest BCUT2D eigenvalue weighted by atomic mass is 10.2. The maximum Gasteiger partial charge on any atom is 0.278 e. The van der Waals surface area contributed by atoms with Crippen LogP contribution in [0.4, 0.5) is 11.4 Å². The van der Waals surface area contributed by atoms with E-state index in [2.05, 4.69) is 9.62 Å². The molecule has 0 saturated carbocycles. The van der Waals surface area contributed by atoms with E-state index in [4.69, 9.17) is 4.74 Å². The molecular formula is C16H26N4O4S. The Bertz CT molecular complexity index is 687. The van der Waals surface area contributed by atoms with Crippen LogP contribution in [0.3, 0.4) is 0 Å². The zero-order valence-corrected chi connectivity index (χ0v) is 15.8. The highest BCUT2D eigenvalue weighted by molar-refractivity contribution is 7.87. The summed E-state index contributed by atoms with van der Waals surface area (Å²) in [6.45, 7) is 4.69. The zero-order valence-electron chi connectivity index (χ0n) is 14.9. The van der Waals surface area contributed by atoms with Gasteiger partial charge in [0.05, 0.1) is 24.6 Å². The number of rotatable bonds is 7. The first-order valence-electron chi connectivity index (χ1n) is 8.20. The quantitative estimate of drug-likeness (QED) is 0.745. The van der Waals surface area contributed by atoms with Crippen molar-refractivity contribution >= 4 is 27.5 Å². The maximum atomic E-state index is 12.2. The van der Waals surface area contributed by atoms with E-state index in [1.165, 1.54) is 21.0 Å². The van der Waals surface area contributed by atoms with Crippen molar-refractivity contribution in [2.45, 2.75) is 6.92 Å². The van der Waals surface area contributed by atoms with Crippen LogP contribution in [0.25, 0.3) is 0 Å². The summed E-state index contributed by atoms with van der Waals surface area (Å²) in [7, 11) is -0.600. The van der Waals surface area contributed by atoms with Gasteiger partial charge in [-0.15, -0.1) is 0 Å². The number of hydrogen-bond donors (Lipinski definition) is 1. The van der Waals surface area contributed by atoms with Crippen LogP contribution in [-0.2, 0) is 19.7 Å². The minimum absolute atomic E-state index is 0.134. The monoisotopic (exact) mass is 370 g/mol. The lowest BCUT2D eigenvalue weighted by Gasteiger charge is -2.33. The Morgan fingerprint density at radius 2 is 1.88 bits per heavy atom. The second-order valence-corrected chi connectivity index (χ2v) is 7.91. The first-order chi connectivity index (χ1) is 11.8. The van der Waals surface area contributed by atoms with E-state index in [9.17, 15) is 13.2 Å². The van der Waals surface area contributed by atoms with Gasteiger partial charge in [-0.05, 0) is 12.1 Å². The number of nitrogens with one attached hydrogen (secondary N) is 1. The fourth-order valence-electron chi connectivity index (χ4n) is 2.63. The number of carbonyl (C=O) groups excluding carboxylic acids is 1. The summed E-state index contributed by atoms with van der Waals surface area (Å²) in [6.07, 6.45) is 0. The van der Waals surface area contributed by atoms with Gasteiger partial charge in [0.1, 0.15) is 0 Å². The molecule has 140 valence electrons. The number of carbonyl (C=O) groups is 1. The van der Waals surface area contributed by atoms with Crippen LogP contribution in [0, 0.1) is 0 Å². The summed E-state index contributed by atoms with van der Waals surface area (Å²) in [4.78, 5) is 15.9. The molecule has 0 radical (unpaired) electrons. The van der Waals surface area contributed by atoms with E-state index in [0.29, 0.717) is 13.2 Å². The molecule has 1 aliphatic heterocycles. The van der Waals surface area contributed by atoms with Gasteiger partial charge in [-0.25, -0.2) is 4.72 Å². The van der Waals surface area contributed by atoms with Crippen molar-refractivity contribution in [1.82, 2.24) is 9.03 Å². The molecule has 1 aliphatic rings. The summed E-state index contributed by atoms with van der Waals surface area (Å²) in [5, 5.41) is 0. The molecule has 2 rings (SSSR count). The highest BCUT2D eigenvalue weighted by Crippen LogP contribution is 2.29. The maximum absolute atomic E-state index is 12.2. The van der Waals surface area contributed by atoms with E-state index >= 15 is 0 Å². The topological polar surface area (TPSA) is 82.2 Å². The number of benzene rings is 1. The highest BCUT2D eigenvalue weighted by Gasteiger charge is 2.21. The van der Waals surface area contributed by atoms with Crippen molar-refractivity contribution in [3.8, 4) is 0 Å². The minimum Gasteiger partial charge on any atom is -0.378 e. The molecule has 1 N–H and O–H groups in total. The van der Waals surface area contributed by atoms with Gasteiger partial charge in [0.2, 0.25) is 5.91 Å². The second kappa shape index (κ2) is 8.61. The third kappa shape index (κ3) is 5.15. The van der Waals surface area contributed by atoms with Crippen molar-refractivity contribution < 1.29 is 17.9 Å². The van der Waals surface area contributed by atoms with Gasteiger partial charge in [-0.3, -0.25) is 4.79 Å². The average molecular weight is 370 g/mol. The molecular weight excluding hydrogens is 344 g/mol. The normalized spacial score (nSPS) is 15.4. The zero-order chi connectivity index (χ0) is 18.4. The largest absolute Gasteiger partial charge is 0.378 e. The number of ether oxygens (including phenoxy) is 1. The van der Waals surface area contributed by atoms with E-state index < -0.39 is 10.2 Å². The van der Waals surface area contributed by atoms with Crippen LogP contribution in [0.5, 0.6) is 0 Å². The predicted molar refractivity (Wildman–Crippen MR) is 98.1 cm³/mol. The molecule has 8 nitrogen and oxygen atoms in total. The van der Waals surface area contributed by atoms with Crippen molar-refractivity contribution in [3.63, 3.8) is 0 Å². The molecule has 0 aromatic heterocycles. The van der Waals surface area contributed by atoms with Crippen molar-refractivity contribution in [2.75, 3.05) is 63.3 Å². The number of para-hydroxylation sites is 2. The van der Waals surface area contributed by atoms with E-state index in [0.717, 1.165) is 28.8 Å². The summed E-state index contributed by atoms with van der Waals surface area (Å²) in [6, 6.07) is 7.66. The number of hydrogen-bond acceptors (Lipinski definition) is 5. The fraction of sp³-hybridized carbons (Fsp3) is 0.562. The molecule has 1 fully saturated rings.